The van der Waals surface area contributed by atoms with Gasteiger partial charge >= 0.3 is 0 Å². The number of rotatable bonds is 3. The number of likely N-dealkylation sites (N-methyl/N-ethyl adjacent to an activating group) is 1. The lowest BCUT2D eigenvalue weighted by Crippen LogP contribution is -2.49. The first-order chi connectivity index (χ1) is 13.2. The van der Waals surface area contributed by atoms with Crippen LogP contribution in [0.1, 0.15) is 10.4 Å². The molecule has 27 heavy (non-hydrogen) atoms. The molecule has 0 bridgehead atoms. The second-order valence-corrected chi connectivity index (χ2v) is 7.02. The van der Waals surface area contributed by atoms with Gasteiger partial charge in [-0.2, -0.15) is 0 Å². The molecule has 1 amide bonds. The average Bonchev–Trinajstić information content (AvgIpc) is 2.75. The van der Waals surface area contributed by atoms with Gasteiger partial charge < -0.3 is 19.6 Å². The third-order valence-electron chi connectivity index (χ3n) is 5.22. The Hall–Kier alpha value is -2.74. The molecule has 0 spiro atoms. The Labute approximate surface area is 159 Å². The summed E-state index contributed by atoms with van der Waals surface area (Å²) < 4.78 is 0. The zero-order valence-corrected chi connectivity index (χ0v) is 15.7. The molecular weight excluding hydrogens is 342 g/mol. The fraction of sp³-hybridized carbons (Fsp3) is 0.474. The molecule has 0 saturated carbocycles. The number of hydrogen-bond acceptors (Lipinski definition) is 7. The number of anilines is 2. The number of hydrogen-bond donors (Lipinski definition) is 0. The molecule has 142 valence electrons. The molecule has 2 aromatic rings. The van der Waals surface area contributed by atoms with E-state index in [4.69, 9.17) is 0 Å². The summed E-state index contributed by atoms with van der Waals surface area (Å²) in [5, 5.41) is 0. The van der Waals surface area contributed by atoms with Gasteiger partial charge in [-0.1, -0.05) is 0 Å². The number of piperazine rings is 2. The second kappa shape index (κ2) is 7.87. The normalized spacial score (nSPS) is 18.6. The molecule has 0 aromatic carbocycles. The van der Waals surface area contributed by atoms with Crippen molar-refractivity contribution in [3.63, 3.8) is 0 Å². The Morgan fingerprint density at radius 2 is 1.52 bits per heavy atom. The molecule has 8 nitrogen and oxygen atoms in total. The molecule has 4 rings (SSSR count). The van der Waals surface area contributed by atoms with Crippen molar-refractivity contribution in [2.75, 3.05) is 69.2 Å². The smallest absolute Gasteiger partial charge is 0.254 e. The van der Waals surface area contributed by atoms with Crippen LogP contribution in [0.15, 0.2) is 36.8 Å². The first kappa shape index (κ1) is 17.7. The molecule has 2 saturated heterocycles. The number of amides is 1. The van der Waals surface area contributed by atoms with Crippen LogP contribution in [0.5, 0.6) is 0 Å². The van der Waals surface area contributed by atoms with E-state index in [1.807, 2.05) is 23.1 Å². The largest absolute Gasteiger partial charge is 0.354 e. The third kappa shape index (κ3) is 4.00. The zero-order chi connectivity index (χ0) is 18.6. The highest BCUT2D eigenvalue weighted by Gasteiger charge is 2.24. The lowest BCUT2D eigenvalue weighted by Gasteiger charge is -2.35. The van der Waals surface area contributed by atoms with Crippen molar-refractivity contribution in [3.8, 4) is 0 Å². The molecule has 8 heteroatoms. The van der Waals surface area contributed by atoms with Crippen molar-refractivity contribution in [3.05, 3.63) is 42.4 Å². The number of carbonyl (C=O) groups excluding carboxylic acids is 1. The number of carbonyl (C=O) groups is 1. The van der Waals surface area contributed by atoms with Gasteiger partial charge in [0.1, 0.15) is 5.82 Å². The van der Waals surface area contributed by atoms with Gasteiger partial charge in [-0.3, -0.25) is 4.79 Å². The molecule has 0 unspecified atom stereocenters. The lowest BCUT2D eigenvalue weighted by molar-refractivity contribution is 0.0746. The van der Waals surface area contributed by atoms with Crippen LogP contribution < -0.4 is 9.80 Å². The number of aromatic nitrogens is 3. The van der Waals surface area contributed by atoms with E-state index >= 15 is 0 Å². The molecule has 0 aliphatic carbocycles. The topological polar surface area (TPSA) is 68.7 Å². The predicted octanol–water partition coefficient (Wildman–Crippen LogP) is 0.586. The second-order valence-electron chi connectivity index (χ2n) is 7.02. The van der Waals surface area contributed by atoms with Crippen molar-refractivity contribution in [2.45, 2.75) is 0 Å². The van der Waals surface area contributed by atoms with Crippen LogP contribution in [-0.2, 0) is 0 Å². The summed E-state index contributed by atoms with van der Waals surface area (Å²) in [6, 6.07) is 5.56. The summed E-state index contributed by atoms with van der Waals surface area (Å²) in [7, 11) is 2.13. The lowest BCUT2D eigenvalue weighted by atomic mass is 10.2. The minimum absolute atomic E-state index is 0.0707. The summed E-state index contributed by atoms with van der Waals surface area (Å²) in [5.41, 5.74) is 0.711. The minimum Gasteiger partial charge on any atom is -0.354 e. The highest BCUT2D eigenvalue weighted by atomic mass is 16.2. The van der Waals surface area contributed by atoms with Crippen molar-refractivity contribution in [1.82, 2.24) is 24.8 Å². The molecule has 2 aromatic heterocycles. The van der Waals surface area contributed by atoms with Crippen LogP contribution in [0.4, 0.5) is 11.8 Å². The Kier molecular flexibility index (Phi) is 5.15. The summed E-state index contributed by atoms with van der Waals surface area (Å²) in [6.45, 7) is 6.74. The highest BCUT2D eigenvalue weighted by molar-refractivity contribution is 5.95. The molecule has 0 N–H and O–H groups in total. The maximum atomic E-state index is 13.0. The van der Waals surface area contributed by atoms with Gasteiger partial charge in [0.05, 0.1) is 0 Å². The van der Waals surface area contributed by atoms with Crippen molar-refractivity contribution in [1.29, 1.82) is 0 Å². The van der Waals surface area contributed by atoms with Crippen molar-refractivity contribution < 1.29 is 4.79 Å². The van der Waals surface area contributed by atoms with Crippen LogP contribution >= 0.6 is 0 Å². The third-order valence-corrected chi connectivity index (χ3v) is 5.22. The van der Waals surface area contributed by atoms with Gasteiger partial charge in [-0.05, 0) is 25.2 Å². The van der Waals surface area contributed by atoms with Gasteiger partial charge in [0.25, 0.3) is 5.91 Å². The maximum absolute atomic E-state index is 13.0. The fourth-order valence-corrected chi connectivity index (χ4v) is 3.51. The molecule has 0 atom stereocenters. The Bertz CT molecular complexity index is 769. The first-order valence-electron chi connectivity index (χ1n) is 9.41. The summed E-state index contributed by atoms with van der Waals surface area (Å²) in [5.74, 6) is 1.69. The Morgan fingerprint density at radius 3 is 2.22 bits per heavy atom. The molecule has 0 radical (unpaired) electrons. The minimum atomic E-state index is 0.0707. The van der Waals surface area contributed by atoms with Gasteiger partial charge in [0.15, 0.2) is 0 Å². The van der Waals surface area contributed by atoms with E-state index in [9.17, 15) is 4.79 Å². The van der Waals surface area contributed by atoms with Gasteiger partial charge in [0.2, 0.25) is 5.95 Å². The van der Waals surface area contributed by atoms with Gasteiger partial charge in [-0.15, -0.1) is 0 Å². The van der Waals surface area contributed by atoms with Crippen LogP contribution in [0.3, 0.4) is 0 Å². The van der Waals surface area contributed by atoms with E-state index in [2.05, 4.69) is 36.7 Å². The fourth-order valence-electron chi connectivity index (χ4n) is 3.51. The molecule has 2 fully saturated rings. The van der Waals surface area contributed by atoms with E-state index < -0.39 is 0 Å². The van der Waals surface area contributed by atoms with Crippen molar-refractivity contribution >= 4 is 17.7 Å². The quantitative estimate of drug-likeness (QED) is 0.786. The van der Waals surface area contributed by atoms with E-state index in [0.29, 0.717) is 18.7 Å². The molecule has 2 aliphatic heterocycles. The molecule has 2 aliphatic rings. The van der Waals surface area contributed by atoms with Crippen LogP contribution in [0.25, 0.3) is 0 Å². The predicted molar refractivity (Wildman–Crippen MR) is 104 cm³/mol. The molecular formula is C19H25N7O. The summed E-state index contributed by atoms with van der Waals surface area (Å²) >= 11 is 0. The standard InChI is InChI=1S/C19H25N7O/c1-23-7-9-24(10-8-23)17-15-16(3-6-20-17)18(27)25-11-13-26(14-12-25)19-21-4-2-5-22-19/h2-6,15H,7-14H2,1H3. The molecule has 4 heterocycles. The monoisotopic (exact) mass is 367 g/mol. The average molecular weight is 367 g/mol. The maximum Gasteiger partial charge on any atom is 0.254 e. The van der Waals surface area contributed by atoms with Crippen LogP contribution in [0.2, 0.25) is 0 Å². The van der Waals surface area contributed by atoms with E-state index in [0.717, 1.165) is 51.0 Å². The van der Waals surface area contributed by atoms with Gasteiger partial charge in [0, 0.05) is 76.5 Å². The summed E-state index contributed by atoms with van der Waals surface area (Å²) in [6.07, 6.45) is 5.24. The van der Waals surface area contributed by atoms with Crippen LogP contribution in [-0.4, -0.2) is 90.1 Å². The van der Waals surface area contributed by atoms with E-state index in [-0.39, 0.29) is 5.91 Å². The zero-order valence-electron chi connectivity index (χ0n) is 15.7. The summed E-state index contributed by atoms with van der Waals surface area (Å²) in [4.78, 5) is 34.6. The number of pyridine rings is 1. The van der Waals surface area contributed by atoms with E-state index in [1.54, 1.807) is 18.6 Å². The van der Waals surface area contributed by atoms with Gasteiger partial charge in [-0.25, -0.2) is 15.0 Å². The highest BCUT2D eigenvalue weighted by Crippen LogP contribution is 2.17. The Balaban J connectivity index is 1.39. The SMILES string of the molecule is CN1CCN(c2cc(C(=O)N3CCN(c4ncccn4)CC3)ccn2)CC1. The first-order valence-corrected chi connectivity index (χ1v) is 9.41. The Morgan fingerprint density at radius 1 is 0.852 bits per heavy atom. The van der Waals surface area contributed by atoms with Crippen LogP contribution in [0, 0.1) is 0 Å². The van der Waals surface area contributed by atoms with Crippen molar-refractivity contribution in [2.24, 2.45) is 0 Å². The van der Waals surface area contributed by atoms with E-state index in [1.165, 1.54) is 0 Å². The number of nitrogens with zero attached hydrogens (tertiary/aromatic N) is 7.